The standard InChI is InChI=1S/C25H21Cl2NO5/c1-31-23-14-16(10-12-22(23)33-15-18-19(26)7-5-8-20(18)27)11-13-24(29)28-21-9-4-3-6-17(21)25(30)32-2/h3-14H,15H2,1-2H3,(H,28,29). The molecule has 0 radical (unpaired) electrons. The van der Waals surface area contributed by atoms with Crippen LogP contribution in [0.1, 0.15) is 21.5 Å². The lowest BCUT2D eigenvalue weighted by atomic mass is 10.1. The van der Waals surface area contributed by atoms with Crippen LogP contribution >= 0.6 is 23.2 Å². The maximum absolute atomic E-state index is 12.4. The van der Waals surface area contributed by atoms with Gasteiger partial charge >= 0.3 is 5.97 Å². The van der Waals surface area contributed by atoms with Gasteiger partial charge in [-0.2, -0.15) is 0 Å². The number of halogens is 2. The molecule has 0 saturated carbocycles. The van der Waals surface area contributed by atoms with Crippen molar-refractivity contribution in [1.29, 1.82) is 0 Å². The Morgan fingerprint density at radius 3 is 2.36 bits per heavy atom. The Kier molecular flexibility index (Phi) is 8.35. The highest BCUT2D eigenvalue weighted by molar-refractivity contribution is 6.35. The second kappa shape index (κ2) is 11.4. The molecule has 0 aliphatic rings. The third kappa shape index (κ3) is 6.28. The van der Waals surface area contributed by atoms with E-state index in [1.54, 1.807) is 66.7 Å². The van der Waals surface area contributed by atoms with E-state index in [9.17, 15) is 9.59 Å². The van der Waals surface area contributed by atoms with E-state index < -0.39 is 11.9 Å². The summed E-state index contributed by atoms with van der Waals surface area (Å²) in [6.45, 7) is 0.173. The number of anilines is 1. The second-order valence-corrected chi connectivity index (χ2v) is 7.57. The van der Waals surface area contributed by atoms with Crippen molar-refractivity contribution in [2.24, 2.45) is 0 Å². The van der Waals surface area contributed by atoms with Crippen LogP contribution in [0.25, 0.3) is 6.08 Å². The number of carbonyl (C=O) groups is 2. The quantitative estimate of drug-likeness (QED) is 0.311. The Morgan fingerprint density at radius 1 is 0.939 bits per heavy atom. The molecule has 6 nitrogen and oxygen atoms in total. The fraction of sp³-hybridized carbons (Fsp3) is 0.120. The first-order valence-corrected chi connectivity index (χ1v) is 10.6. The van der Waals surface area contributed by atoms with Gasteiger partial charge in [0, 0.05) is 21.7 Å². The molecule has 3 aromatic rings. The molecule has 170 valence electrons. The van der Waals surface area contributed by atoms with Gasteiger partial charge in [-0.25, -0.2) is 4.79 Å². The van der Waals surface area contributed by atoms with Crippen LogP contribution in [0, 0.1) is 0 Å². The minimum atomic E-state index is -0.534. The van der Waals surface area contributed by atoms with E-state index >= 15 is 0 Å². The third-order valence-corrected chi connectivity index (χ3v) is 5.35. The minimum Gasteiger partial charge on any atom is -0.493 e. The Morgan fingerprint density at radius 2 is 1.67 bits per heavy atom. The number of methoxy groups -OCH3 is 2. The summed E-state index contributed by atoms with van der Waals surface area (Å²) in [6, 6.07) is 17.1. The highest BCUT2D eigenvalue weighted by Gasteiger charge is 2.13. The second-order valence-electron chi connectivity index (χ2n) is 6.76. The van der Waals surface area contributed by atoms with Gasteiger partial charge in [-0.3, -0.25) is 4.79 Å². The molecule has 0 aromatic heterocycles. The summed E-state index contributed by atoms with van der Waals surface area (Å²) in [4.78, 5) is 24.2. The van der Waals surface area contributed by atoms with Crippen LogP contribution in [-0.4, -0.2) is 26.1 Å². The number of esters is 1. The zero-order valence-electron chi connectivity index (χ0n) is 17.9. The topological polar surface area (TPSA) is 73.9 Å². The number of carbonyl (C=O) groups excluding carboxylic acids is 2. The van der Waals surface area contributed by atoms with Crippen molar-refractivity contribution in [1.82, 2.24) is 0 Å². The Balaban J connectivity index is 1.69. The number of ether oxygens (including phenoxy) is 3. The molecule has 0 saturated heterocycles. The summed E-state index contributed by atoms with van der Waals surface area (Å²) >= 11 is 12.4. The van der Waals surface area contributed by atoms with Crippen molar-refractivity contribution >= 4 is 46.8 Å². The van der Waals surface area contributed by atoms with Gasteiger partial charge in [0.05, 0.1) is 25.5 Å². The first-order valence-electron chi connectivity index (χ1n) is 9.83. The Bertz CT molecular complexity index is 1170. The smallest absolute Gasteiger partial charge is 0.339 e. The molecule has 1 N–H and O–H groups in total. The van der Waals surface area contributed by atoms with Gasteiger partial charge in [0.15, 0.2) is 11.5 Å². The van der Waals surface area contributed by atoms with E-state index in [1.165, 1.54) is 20.3 Å². The van der Waals surface area contributed by atoms with Crippen molar-refractivity contribution in [3.63, 3.8) is 0 Å². The Labute approximate surface area is 201 Å². The summed E-state index contributed by atoms with van der Waals surface area (Å²) in [5, 5.41) is 3.71. The fourth-order valence-corrected chi connectivity index (χ4v) is 3.46. The fourth-order valence-electron chi connectivity index (χ4n) is 2.95. The zero-order chi connectivity index (χ0) is 23.8. The maximum atomic E-state index is 12.4. The normalized spacial score (nSPS) is 10.7. The van der Waals surface area contributed by atoms with Crippen LogP contribution < -0.4 is 14.8 Å². The lowest BCUT2D eigenvalue weighted by Crippen LogP contribution is -2.12. The van der Waals surface area contributed by atoms with E-state index in [2.05, 4.69) is 5.32 Å². The van der Waals surface area contributed by atoms with Crippen molar-refractivity contribution in [2.75, 3.05) is 19.5 Å². The summed E-state index contributed by atoms with van der Waals surface area (Å²) in [5.74, 6) is 0.0474. The number of amides is 1. The van der Waals surface area contributed by atoms with Gasteiger partial charge < -0.3 is 19.5 Å². The molecule has 0 fully saturated rings. The van der Waals surface area contributed by atoms with Crippen LogP contribution in [0.5, 0.6) is 11.5 Å². The lowest BCUT2D eigenvalue weighted by Gasteiger charge is -2.13. The molecular weight excluding hydrogens is 465 g/mol. The van der Waals surface area contributed by atoms with Crippen molar-refractivity contribution < 1.29 is 23.8 Å². The molecule has 0 unspecified atom stereocenters. The molecule has 0 aliphatic carbocycles. The monoisotopic (exact) mass is 485 g/mol. The van der Waals surface area contributed by atoms with Crippen molar-refractivity contribution in [3.05, 3.63) is 93.5 Å². The van der Waals surface area contributed by atoms with E-state index in [-0.39, 0.29) is 12.2 Å². The van der Waals surface area contributed by atoms with Gasteiger partial charge in [-0.05, 0) is 48.0 Å². The van der Waals surface area contributed by atoms with Gasteiger partial charge in [0.2, 0.25) is 5.91 Å². The molecule has 3 aromatic carbocycles. The van der Waals surface area contributed by atoms with Crippen molar-refractivity contribution in [2.45, 2.75) is 6.61 Å². The molecule has 3 rings (SSSR count). The van der Waals surface area contributed by atoms with Gasteiger partial charge in [0.1, 0.15) is 6.61 Å². The van der Waals surface area contributed by atoms with Crippen LogP contribution in [0.4, 0.5) is 5.69 Å². The molecule has 0 heterocycles. The first-order chi connectivity index (χ1) is 15.9. The predicted octanol–water partition coefficient (Wildman–Crippen LogP) is 6.02. The SMILES string of the molecule is COC(=O)c1ccccc1NC(=O)C=Cc1ccc(OCc2c(Cl)cccc2Cl)c(OC)c1. The summed E-state index contributed by atoms with van der Waals surface area (Å²) in [6.07, 6.45) is 2.97. The summed E-state index contributed by atoms with van der Waals surface area (Å²) < 4.78 is 16.0. The molecule has 33 heavy (non-hydrogen) atoms. The van der Waals surface area contributed by atoms with Crippen LogP contribution in [0.2, 0.25) is 10.0 Å². The molecule has 0 atom stereocenters. The van der Waals surface area contributed by atoms with E-state index in [4.69, 9.17) is 37.4 Å². The Hall–Kier alpha value is -3.48. The number of hydrogen-bond acceptors (Lipinski definition) is 5. The van der Waals surface area contributed by atoms with E-state index in [1.807, 2.05) is 0 Å². The summed E-state index contributed by atoms with van der Waals surface area (Å²) in [5.41, 5.74) is 2.02. The molecule has 0 spiro atoms. The average Bonchev–Trinajstić information content (AvgIpc) is 2.82. The van der Waals surface area contributed by atoms with Gasteiger partial charge in [0.25, 0.3) is 0 Å². The van der Waals surface area contributed by atoms with Gasteiger partial charge in [-0.15, -0.1) is 0 Å². The molecule has 0 aliphatic heterocycles. The number of nitrogens with one attached hydrogen (secondary N) is 1. The zero-order valence-corrected chi connectivity index (χ0v) is 19.4. The van der Waals surface area contributed by atoms with E-state index in [0.717, 1.165) is 0 Å². The number of benzene rings is 3. The molecule has 1 amide bonds. The molecular formula is C25H21Cl2NO5. The molecule has 0 bridgehead atoms. The highest BCUT2D eigenvalue weighted by atomic mass is 35.5. The predicted molar refractivity (Wildman–Crippen MR) is 129 cm³/mol. The van der Waals surface area contributed by atoms with Gasteiger partial charge in [-0.1, -0.05) is 47.5 Å². The average molecular weight is 486 g/mol. The van der Waals surface area contributed by atoms with Crippen LogP contribution in [0.15, 0.2) is 66.7 Å². The maximum Gasteiger partial charge on any atom is 0.339 e. The minimum absolute atomic E-state index is 0.173. The first kappa shape index (κ1) is 24.2. The number of rotatable bonds is 8. The van der Waals surface area contributed by atoms with E-state index in [0.29, 0.717) is 38.4 Å². The van der Waals surface area contributed by atoms with Crippen LogP contribution in [-0.2, 0) is 16.1 Å². The van der Waals surface area contributed by atoms with Crippen LogP contribution in [0.3, 0.4) is 0 Å². The molecule has 8 heteroatoms. The number of para-hydroxylation sites is 1. The largest absolute Gasteiger partial charge is 0.493 e. The highest BCUT2D eigenvalue weighted by Crippen LogP contribution is 2.31. The number of hydrogen-bond donors (Lipinski definition) is 1. The lowest BCUT2D eigenvalue weighted by molar-refractivity contribution is -0.111. The third-order valence-electron chi connectivity index (χ3n) is 4.64. The van der Waals surface area contributed by atoms with Crippen molar-refractivity contribution in [3.8, 4) is 11.5 Å². The summed E-state index contributed by atoms with van der Waals surface area (Å²) in [7, 11) is 2.80.